The van der Waals surface area contributed by atoms with Crippen LogP contribution in [0.1, 0.15) is 22.2 Å². The zero-order valence-electron chi connectivity index (χ0n) is 12.4. The molecule has 2 heterocycles. The highest BCUT2D eigenvalue weighted by Gasteiger charge is 2.21. The Morgan fingerprint density at radius 2 is 2.14 bits per heavy atom. The second-order valence-electron chi connectivity index (χ2n) is 4.89. The van der Waals surface area contributed by atoms with Crippen LogP contribution in [0, 0.1) is 0 Å². The van der Waals surface area contributed by atoms with Crippen molar-refractivity contribution in [3.05, 3.63) is 16.5 Å². The predicted octanol–water partition coefficient (Wildman–Crippen LogP) is -0.0493. The fourth-order valence-electron chi connectivity index (χ4n) is 2.21. The Bertz CT molecular complexity index is 509. The van der Waals surface area contributed by atoms with E-state index in [1.807, 2.05) is 6.92 Å². The zero-order chi connectivity index (χ0) is 15.2. The molecule has 0 spiro atoms. The Morgan fingerprint density at radius 3 is 2.76 bits per heavy atom. The molecule has 0 radical (unpaired) electrons. The van der Waals surface area contributed by atoms with Crippen LogP contribution in [0.5, 0.6) is 0 Å². The molecule has 0 unspecified atom stereocenters. The van der Waals surface area contributed by atoms with E-state index in [1.165, 1.54) is 23.3 Å². The Hall–Kier alpha value is -1.44. The van der Waals surface area contributed by atoms with Crippen LogP contribution in [-0.2, 0) is 20.7 Å². The van der Waals surface area contributed by atoms with Crippen molar-refractivity contribution >= 4 is 28.2 Å². The lowest BCUT2D eigenvalue weighted by Crippen LogP contribution is -3.15. The number of nitrogens with one attached hydrogen (secondary N) is 2. The number of ether oxygens (including phenoxy) is 2. The van der Waals surface area contributed by atoms with Gasteiger partial charge in [0.1, 0.15) is 18.1 Å². The molecule has 1 saturated heterocycles. The SMILES string of the molecule is CCc1cc(C(=O)OC)c(NC(=O)C[NH+]2CCOCC2)s1. The maximum atomic E-state index is 12.1. The number of aryl methyl sites for hydroxylation is 1. The number of rotatable bonds is 5. The number of quaternary nitrogens is 1. The van der Waals surface area contributed by atoms with Gasteiger partial charge in [-0.05, 0) is 12.5 Å². The Kier molecular flexibility index (Phi) is 5.72. The van der Waals surface area contributed by atoms with Gasteiger partial charge in [0.2, 0.25) is 0 Å². The summed E-state index contributed by atoms with van der Waals surface area (Å²) in [7, 11) is 1.34. The third-order valence-electron chi connectivity index (χ3n) is 3.40. The van der Waals surface area contributed by atoms with Gasteiger partial charge in [0, 0.05) is 4.88 Å². The third kappa shape index (κ3) is 4.26. The van der Waals surface area contributed by atoms with Crippen LogP contribution in [0.4, 0.5) is 5.00 Å². The van der Waals surface area contributed by atoms with E-state index >= 15 is 0 Å². The summed E-state index contributed by atoms with van der Waals surface area (Å²) in [5, 5.41) is 3.42. The summed E-state index contributed by atoms with van der Waals surface area (Å²) in [4.78, 5) is 26.1. The predicted molar refractivity (Wildman–Crippen MR) is 80.0 cm³/mol. The van der Waals surface area contributed by atoms with Crippen LogP contribution < -0.4 is 10.2 Å². The van der Waals surface area contributed by atoms with Crippen molar-refractivity contribution in [1.82, 2.24) is 0 Å². The highest BCUT2D eigenvalue weighted by atomic mass is 32.1. The van der Waals surface area contributed by atoms with E-state index in [4.69, 9.17) is 9.47 Å². The number of methoxy groups -OCH3 is 1. The minimum atomic E-state index is -0.417. The first-order chi connectivity index (χ1) is 10.1. The molecule has 1 amide bonds. The van der Waals surface area contributed by atoms with Gasteiger partial charge in [-0.3, -0.25) is 4.79 Å². The number of anilines is 1. The molecular weight excluding hydrogens is 292 g/mol. The molecule has 116 valence electrons. The number of thiophene rings is 1. The van der Waals surface area contributed by atoms with Gasteiger partial charge in [-0.25, -0.2) is 4.79 Å². The molecule has 2 N–H and O–H groups in total. The smallest absolute Gasteiger partial charge is 0.340 e. The van der Waals surface area contributed by atoms with Crippen molar-refractivity contribution in [3.8, 4) is 0 Å². The molecule has 1 aliphatic rings. The molecule has 0 bridgehead atoms. The molecule has 1 aliphatic heterocycles. The van der Waals surface area contributed by atoms with Gasteiger partial charge in [-0.2, -0.15) is 0 Å². The lowest BCUT2D eigenvalue weighted by atomic mass is 10.2. The molecule has 0 atom stereocenters. The second-order valence-corrected chi connectivity index (χ2v) is 6.02. The summed E-state index contributed by atoms with van der Waals surface area (Å²) in [6.07, 6.45) is 0.819. The monoisotopic (exact) mass is 313 g/mol. The van der Waals surface area contributed by atoms with Crippen molar-refractivity contribution < 1.29 is 24.0 Å². The first kappa shape index (κ1) is 15.9. The fourth-order valence-corrected chi connectivity index (χ4v) is 3.21. The Balaban J connectivity index is 2.01. The van der Waals surface area contributed by atoms with Crippen LogP contribution in [0.3, 0.4) is 0 Å². The average Bonchev–Trinajstić information content (AvgIpc) is 2.90. The topological polar surface area (TPSA) is 69.1 Å². The largest absolute Gasteiger partial charge is 0.465 e. The van der Waals surface area contributed by atoms with E-state index in [0.29, 0.717) is 30.3 Å². The van der Waals surface area contributed by atoms with Crippen molar-refractivity contribution in [3.63, 3.8) is 0 Å². The van der Waals surface area contributed by atoms with Gasteiger partial charge in [0.05, 0.1) is 25.9 Å². The molecular formula is C14H21N2O4S+. The van der Waals surface area contributed by atoms with Gasteiger partial charge >= 0.3 is 5.97 Å². The van der Waals surface area contributed by atoms with E-state index in [2.05, 4.69) is 5.32 Å². The van der Waals surface area contributed by atoms with Gasteiger partial charge in [-0.15, -0.1) is 11.3 Å². The van der Waals surface area contributed by atoms with E-state index < -0.39 is 5.97 Å². The average molecular weight is 313 g/mol. The summed E-state index contributed by atoms with van der Waals surface area (Å²) in [6, 6.07) is 1.79. The third-order valence-corrected chi connectivity index (χ3v) is 4.60. The van der Waals surface area contributed by atoms with Crippen LogP contribution in [-0.4, -0.2) is 51.8 Å². The van der Waals surface area contributed by atoms with Crippen LogP contribution in [0.2, 0.25) is 0 Å². The molecule has 2 rings (SSSR count). The Labute approximate surface area is 128 Å². The Morgan fingerprint density at radius 1 is 1.43 bits per heavy atom. The summed E-state index contributed by atoms with van der Waals surface area (Å²) in [6.45, 7) is 5.45. The van der Waals surface area contributed by atoms with Crippen LogP contribution in [0.15, 0.2) is 6.07 Å². The van der Waals surface area contributed by atoms with E-state index in [-0.39, 0.29) is 5.91 Å². The zero-order valence-corrected chi connectivity index (χ0v) is 13.2. The van der Waals surface area contributed by atoms with Crippen molar-refractivity contribution in [1.29, 1.82) is 0 Å². The summed E-state index contributed by atoms with van der Waals surface area (Å²) in [5.41, 5.74) is 0.435. The molecule has 6 nitrogen and oxygen atoms in total. The van der Waals surface area contributed by atoms with Crippen LogP contribution >= 0.6 is 11.3 Å². The summed E-state index contributed by atoms with van der Waals surface area (Å²) in [5.74, 6) is -0.499. The maximum Gasteiger partial charge on any atom is 0.340 e. The van der Waals surface area contributed by atoms with E-state index in [0.717, 1.165) is 24.4 Å². The molecule has 0 saturated carbocycles. The molecule has 1 fully saturated rings. The molecule has 1 aromatic heterocycles. The normalized spacial score (nSPS) is 15.7. The number of carbonyl (C=O) groups excluding carboxylic acids is 2. The number of carbonyl (C=O) groups is 2. The van der Waals surface area contributed by atoms with Crippen molar-refractivity contribution in [2.24, 2.45) is 0 Å². The number of amides is 1. The van der Waals surface area contributed by atoms with Gasteiger partial charge in [0.25, 0.3) is 5.91 Å². The highest BCUT2D eigenvalue weighted by molar-refractivity contribution is 7.16. The standard InChI is InChI=1S/C14H20N2O4S/c1-3-10-8-11(14(18)19-2)13(21-10)15-12(17)9-16-4-6-20-7-5-16/h8H,3-7,9H2,1-2H3,(H,15,17)/p+1. The second kappa shape index (κ2) is 7.53. The first-order valence-corrected chi connectivity index (χ1v) is 7.87. The summed E-state index contributed by atoms with van der Waals surface area (Å²) >= 11 is 1.43. The van der Waals surface area contributed by atoms with Crippen molar-refractivity contribution in [2.45, 2.75) is 13.3 Å². The van der Waals surface area contributed by atoms with E-state index in [1.54, 1.807) is 6.07 Å². The van der Waals surface area contributed by atoms with Gasteiger partial charge in [0.15, 0.2) is 6.54 Å². The lowest BCUT2D eigenvalue weighted by molar-refractivity contribution is -0.899. The molecule has 21 heavy (non-hydrogen) atoms. The van der Waals surface area contributed by atoms with E-state index in [9.17, 15) is 9.59 Å². The number of esters is 1. The minimum Gasteiger partial charge on any atom is -0.465 e. The maximum absolute atomic E-state index is 12.1. The number of morpholine rings is 1. The molecule has 0 aromatic carbocycles. The summed E-state index contributed by atoms with van der Waals surface area (Å²) < 4.78 is 10.0. The van der Waals surface area contributed by atoms with Gasteiger partial charge in [-0.1, -0.05) is 6.92 Å². The quantitative estimate of drug-likeness (QED) is 0.748. The van der Waals surface area contributed by atoms with Gasteiger partial charge < -0.3 is 19.7 Å². The highest BCUT2D eigenvalue weighted by Crippen LogP contribution is 2.29. The fraction of sp³-hybridized carbons (Fsp3) is 0.571. The molecule has 0 aliphatic carbocycles. The lowest BCUT2D eigenvalue weighted by Gasteiger charge is -2.22. The van der Waals surface area contributed by atoms with Crippen LogP contribution in [0.25, 0.3) is 0 Å². The van der Waals surface area contributed by atoms with Crippen molar-refractivity contribution in [2.75, 3.05) is 45.3 Å². The molecule has 1 aromatic rings. The number of hydrogen-bond donors (Lipinski definition) is 2. The number of hydrogen-bond acceptors (Lipinski definition) is 5. The minimum absolute atomic E-state index is 0.0819. The molecule has 7 heteroatoms. The first-order valence-electron chi connectivity index (χ1n) is 7.06.